The van der Waals surface area contributed by atoms with Gasteiger partial charge < -0.3 is 34.6 Å². The molecule has 144 valence electrons. The van der Waals surface area contributed by atoms with Crippen molar-refractivity contribution >= 4 is 17.5 Å². The second-order valence-corrected chi connectivity index (χ2v) is 7.35. The molecule has 1 aliphatic carbocycles. The predicted molar refractivity (Wildman–Crippen MR) is 88.1 cm³/mol. The van der Waals surface area contributed by atoms with Gasteiger partial charge in [-0.3, -0.25) is 0 Å². The van der Waals surface area contributed by atoms with E-state index in [1.165, 1.54) is 19.3 Å². The summed E-state index contributed by atoms with van der Waals surface area (Å²) in [6.45, 7) is 1.57. The lowest BCUT2D eigenvalue weighted by atomic mass is 9.69. The van der Waals surface area contributed by atoms with Crippen LogP contribution >= 0.6 is 0 Å². The number of phenols is 1. The third kappa shape index (κ3) is 2.35. The molecule has 1 aromatic rings. The quantitative estimate of drug-likeness (QED) is 0.538. The molecule has 4 rings (SSSR count). The van der Waals surface area contributed by atoms with Gasteiger partial charge in [0.15, 0.2) is 0 Å². The van der Waals surface area contributed by atoms with Crippen molar-refractivity contribution in [3.8, 4) is 11.5 Å². The SMILES string of the molecule is COc1cc(O)c2c(c1)C1=C[C@@H]3O[C@](O)(C(=O)O)C[C@]3(O)C[C@]1(C)OC2=O. The van der Waals surface area contributed by atoms with Gasteiger partial charge in [0.25, 0.3) is 5.79 Å². The summed E-state index contributed by atoms with van der Waals surface area (Å²) in [4.78, 5) is 23.8. The van der Waals surface area contributed by atoms with Gasteiger partial charge in [0.1, 0.15) is 34.4 Å². The Bertz CT molecular complexity index is 906. The number of esters is 1. The van der Waals surface area contributed by atoms with Gasteiger partial charge in [0.2, 0.25) is 0 Å². The summed E-state index contributed by atoms with van der Waals surface area (Å²) >= 11 is 0. The number of hydrogen-bond donors (Lipinski definition) is 4. The van der Waals surface area contributed by atoms with Gasteiger partial charge in [-0.2, -0.15) is 0 Å². The number of methoxy groups -OCH3 is 1. The zero-order valence-electron chi connectivity index (χ0n) is 14.6. The molecule has 2 aliphatic heterocycles. The number of phenolic OH excluding ortho intramolecular Hbond substituents is 1. The summed E-state index contributed by atoms with van der Waals surface area (Å²) in [5, 5.41) is 40.5. The van der Waals surface area contributed by atoms with E-state index in [1.54, 1.807) is 13.0 Å². The molecule has 1 aromatic carbocycles. The minimum absolute atomic E-state index is 0.0588. The van der Waals surface area contributed by atoms with E-state index in [2.05, 4.69) is 0 Å². The number of aromatic hydroxyl groups is 1. The van der Waals surface area contributed by atoms with Crippen molar-refractivity contribution in [2.24, 2.45) is 0 Å². The average molecular weight is 378 g/mol. The van der Waals surface area contributed by atoms with Crippen molar-refractivity contribution in [3.05, 3.63) is 29.3 Å². The zero-order valence-corrected chi connectivity index (χ0v) is 14.6. The first-order valence-electron chi connectivity index (χ1n) is 8.24. The molecule has 1 fully saturated rings. The maximum Gasteiger partial charge on any atom is 0.364 e. The van der Waals surface area contributed by atoms with E-state index in [-0.39, 0.29) is 17.7 Å². The van der Waals surface area contributed by atoms with Gasteiger partial charge in [0, 0.05) is 30.0 Å². The standard InChI is InChI=1S/C18H18O9/c1-16-6-17(23)7-18(24,15(21)22)26-12(17)5-10(16)9-3-8(25-2)4-11(19)13(9)14(20)27-16/h3-5,12,19,23-24H,6-7H2,1-2H3,(H,21,22)/t12-,16-,17+,18-/m0/s1. The van der Waals surface area contributed by atoms with Crippen LogP contribution in [-0.2, 0) is 14.3 Å². The molecule has 9 nitrogen and oxygen atoms in total. The third-order valence-electron chi connectivity index (χ3n) is 5.40. The van der Waals surface area contributed by atoms with Gasteiger partial charge in [-0.15, -0.1) is 0 Å². The highest BCUT2D eigenvalue weighted by Gasteiger charge is 2.64. The Hall–Kier alpha value is -2.62. The fourth-order valence-corrected chi connectivity index (χ4v) is 4.23. The molecular formula is C18H18O9. The summed E-state index contributed by atoms with van der Waals surface area (Å²) in [6.07, 6.45) is -0.476. The zero-order chi connectivity index (χ0) is 19.8. The summed E-state index contributed by atoms with van der Waals surface area (Å²) < 4.78 is 15.9. The predicted octanol–water partition coefficient (Wildman–Crippen LogP) is 0.410. The largest absolute Gasteiger partial charge is 0.507 e. The van der Waals surface area contributed by atoms with E-state index < -0.39 is 41.5 Å². The van der Waals surface area contributed by atoms with E-state index >= 15 is 0 Å². The number of fused-ring (bicyclic) bond motifs is 4. The number of carboxylic acids is 1. The molecule has 4 N–H and O–H groups in total. The monoisotopic (exact) mass is 378 g/mol. The fourth-order valence-electron chi connectivity index (χ4n) is 4.23. The number of ether oxygens (including phenoxy) is 3. The maximum atomic E-state index is 12.5. The summed E-state index contributed by atoms with van der Waals surface area (Å²) in [6, 6.07) is 2.82. The molecule has 0 radical (unpaired) electrons. The first-order chi connectivity index (χ1) is 12.5. The number of aliphatic carboxylic acids is 1. The Kier molecular flexibility index (Phi) is 3.43. The summed E-state index contributed by atoms with van der Waals surface area (Å²) in [7, 11) is 1.41. The Morgan fingerprint density at radius 2 is 2.00 bits per heavy atom. The fraction of sp³-hybridized carbons (Fsp3) is 0.444. The molecule has 0 spiro atoms. The summed E-state index contributed by atoms with van der Waals surface area (Å²) in [5.74, 6) is -4.97. The maximum absolute atomic E-state index is 12.5. The number of hydrogen-bond acceptors (Lipinski definition) is 8. The molecule has 27 heavy (non-hydrogen) atoms. The van der Waals surface area contributed by atoms with Crippen molar-refractivity contribution in [1.29, 1.82) is 0 Å². The van der Waals surface area contributed by atoms with Gasteiger partial charge >= 0.3 is 11.9 Å². The van der Waals surface area contributed by atoms with Crippen LogP contribution in [0, 0.1) is 0 Å². The molecule has 3 aliphatic rings. The highest BCUT2D eigenvalue weighted by Crippen LogP contribution is 2.54. The smallest absolute Gasteiger partial charge is 0.364 e. The van der Waals surface area contributed by atoms with Crippen molar-refractivity contribution in [1.82, 2.24) is 0 Å². The number of aliphatic hydroxyl groups is 2. The molecule has 1 saturated heterocycles. The summed E-state index contributed by atoms with van der Waals surface area (Å²) in [5.41, 5.74) is -2.35. The van der Waals surface area contributed by atoms with Crippen LogP contribution in [0.15, 0.2) is 18.2 Å². The second-order valence-electron chi connectivity index (χ2n) is 7.35. The Balaban J connectivity index is 1.90. The number of carboxylic acid groups (broad SMARTS) is 1. The first-order valence-corrected chi connectivity index (χ1v) is 8.24. The van der Waals surface area contributed by atoms with Crippen molar-refractivity contribution in [2.75, 3.05) is 7.11 Å². The minimum Gasteiger partial charge on any atom is -0.507 e. The van der Waals surface area contributed by atoms with Crippen LogP contribution < -0.4 is 4.74 Å². The van der Waals surface area contributed by atoms with Crippen LogP contribution in [0.5, 0.6) is 11.5 Å². The number of benzene rings is 1. The van der Waals surface area contributed by atoms with E-state index in [0.717, 1.165) is 0 Å². The van der Waals surface area contributed by atoms with E-state index in [1.807, 2.05) is 0 Å². The number of carbonyl (C=O) groups excluding carboxylic acids is 1. The average Bonchev–Trinajstić information content (AvgIpc) is 2.82. The van der Waals surface area contributed by atoms with Crippen LogP contribution in [0.2, 0.25) is 0 Å². The topological polar surface area (TPSA) is 143 Å². The first kappa shape index (κ1) is 17.8. The van der Waals surface area contributed by atoms with Gasteiger partial charge in [0.05, 0.1) is 7.11 Å². The Morgan fingerprint density at radius 1 is 1.30 bits per heavy atom. The third-order valence-corrected chi connectivity index (χ3v) is 5.40. The van der Waals surface area contributed by atoms with Crippen LogP contribution in [0.3, 0.4) is 0 Å². The minimum atomic E-state index is -2.55. The molecular weight excluding hydrogens is 360 g/mol. The number of rotatable bonds is 2. The normalized spacial score (nSPS) is 36.8. The van der Waals surface area contributed by atoms with Gasteiger partial charge in [-0.05, 0) is 19.1 Å². The van der Waals surface area contributed by atoms with E-state index in [4.69, 9.17) is 14.2 Å². The second kappa shape index (κ2) is 5.22. The lowest BCUT2D eigenvalue weighted by Gasteiger charge is -2.45. The Labute approximate surface area is 153 Å². The lowest BCUT2D eigenvalue weighted by molar-refractivity contribution is -0.213. The van der Waals surface area contributed by atoms with Crippen molar-refractivity contribution in [3.63, 3.8) is 0 Å². The highest BCUT2D eigenvalue weighted by molar-refractivity contribution is 6.03. The van der Waals surface area contributed by atoms with E-state index in [9.17, 15) is 30.0 Å². The molecule has 0 bridgehead atoms. The van der Waals surface area contributed by atoms with Crippen LogP contribution in [0.25, 0.3) is 5.57 Å². The number of carbonyl (C=O) groups is 2. The molecule has 2 heterocycles. The van der Waals surface area contributed by atoms with Gasteiger partial charge in [-0.1, -0.05) is 0 Å². The molecule has 0 amide bonds. The highest BCUT2D eigenvalue weighted by atomic mass is 16.7. The Morgan fingerprint density at radius 3 is 2.63 bits per heavy atom. The lowest BCUT2D eigenvalue weighted by Crippen LogP contribution is -2.52. The molecule has 0 aromatic heterocycles. The molecule has 4 atom stereocenters. The van der Waals surface area contributed by atoms with Gasteiger partial charge in [-0.25, -0.2) is 9.59 Å². The molecule has 0 unspecified atom stereocenters. The van der Waals surface area contributed by atoms with Crippen LogP contribution in [-0.4, -0.2) is 62.6 Å². The van der Waals surface area contributed by atoms with Crippen LogP contribution in [0.4, 0.5) is 0 Å². The molecule has 0 saturated carbocycles. The van der Waals surface area contributed by atoms with E-state index in [0.29, 0.717) is 16.9 Å². The van der Waals surface area contributed by atoms with Crippen molar-refractivity contribution < 1.29 is 44.2 Å². The van der Waals surface area contributed by atoms with Crippen molar-refractivity contribution in [2.45, 2.75) is 42.9 Å². The molecule has 9 heteroatoms. The van der Waals surface area contributed by atoms with Crippen LogP contribution in [0.1, 0.15) is 35.7 Å².